The van der Waals surface area contributed by atoms with E-state index in [1.807, 2.05) is 41.3 Å². The number of hydrogen-bond acceptors (Lipinski definition) is 1. The first kappa shape index (κ1) is 12.7. The van der Waals surface area contributed by atoms with Crippen molar-refractivity contribution in [3.05, 3.63) is 67.3 Å². The molecule has 0 radical (unpaired) electrons. The Labute approximate surface area is 119 Å². The number of carbonyl (C=O) groups excluding carboxylic acids is 1. The molecule has 2 nitrogen and oxygen atoms in total. The van der Waals surface area contributed by atoms with Gasteiger partial charge in [0.05, 0.1) is 0 Å². The fraction of sp³-hybridized carbons (Fsp3) is 0.167. The predicted octanol–water partition coefficient (Wildman–Crippen LogP) is 3.89. The second kappa shape index (κ2) is 5.33. The molecule has 1 aliphatic heterocycles. The first-order valence-electron chi connectivity index (χ1n) is 6.86. The van der Waals surface area contributed by atoms with Crippen LogP contribution in [0.1, 0.15) is 6.42 Å². The van der Waals surface area contributed by atoms with Crippen LogP contribution in [0.15, 0.2) is 67.3 Å². The van der Waals surface area contributed by atoms with E-state index in [1.54, 1.807) is 0 Å². The molecule has 0 N–H and O–H groups in total. The van der Waals surface area contributed by atoms with Crippen LogP contribution in [0, 0.1) is 5.92 Å². The maximum Gasteiger partial charge on any atom is 0.227 e. The fourth-order valence-electron chi connectivity index (χ4n) is 2.63. The molecule has 1 aliphatic rings. The molecule has 3 rings (SSSR count). The Morgan fingerprint density at radius 1 is 1.05 bits per heavy atom. The SMILES string of the molecule is C=CC1CC(=O)N(c2cccc(-c3ccccc3)c2)C1. The summed E-state index contributed by atoms with van der Waals surface area (Å²) in [6.45, 7) is 4.53. The van der Waals surface area contributed by atoms with Gasteiger partial charge in [0.15, 0.2) is 0 Å². The van der Waals surface area contributed by atoms with Gasteiger partial charge in [-0.25, -0.2) is 0 Å². The van der Waals surface area contributed by atoms with Crippen molar-refractivity contribution in [2.75, 3.05) is 11.4 Å². The molecule has 1 fully saturated rings. The van der Waals surface area contributed by atoms with Gasteiger partial charge in [-0.2, -0.15) is 0 Å². The van der Waals surface area contributed by atoms with Crippen LogP contribution >= 0.6 is 0 Å². The van der Waals surface area contributed by atoms with Crippen molar-refractivity contribution >= 4 is 11.6 Å². The largest absolute Gasteiger partial charge is 0.312 e. The second-order valence-corrected chi connectivity index (χ2v) is 5.12. The van der Waals surface area contributed by atoms with Crippen molar-refractivity contribution in [2.24, 2.45) is 5.92 Å². The molecular weight excluding hydrogens is 246 g/mol. The normalized spacial score (nSPS) is 18.3. The molecule has 20 heavy (non-hydrogen) atoms. The molecule has 1 heterocycles. The Morgan fingerprint density at radius 2 is 1.80 bits per heavy atom. The molecule has 1 atom stereocenters. The van der Waals surface area contributed by atoms with Crippen LogP contribution in [0.4, 0.5) is 5.69 Å². The number of anilines is 1. The molecule has 2 aromatic rings. The standard InChI is InChI=1S/C18H17NO/c1-2-14-11-18(20)19(13-14)17-10-6-9-16(12-17)15-7-4-3-5-8-15/h2-10,12,14H,1,11,13H2. The molecule has 0 aromatic heterocycles. The van der Waals surface area contributed by atoms with Crippen LogP contribution in [-0.2, 0) is 4.79 Å². The summed E-state index contributed by atoms with van der Waals surface area (Å²) in [5.41, 5.74) is 3.28. The molecule has 1 amide bonds. The third kappa shape index (κ3) is 2.37. The molecular formula is C18H17NO. The lowest BCUT2D eigenvalue weighted by atomic mass is 10.1. The molecule has 0 spiro atoms. The first-order valence-corrected chi connectivity index (χ1v) is 6.86. The van der Waals surface area contributed by atoms with Gasteiger partial charge < -0.3 is 4.90 Å². The summed E-state index contributed by atoms with van der Waals surface area (Å²) in [6, 6.07) is 18.4. The number of benzene rings is 2. The van der Waals surface area contributed by atoms with Gasteiger partial charge in [0, 0.05) is 24.6 Å². The highest BCUT2D eigenvalue weighted by molar-refractivity contribution is 5.96. The van der Waals surface area contributed by atoms with E-state index in [0.717, 1.165) is 17.8 Å². The zero-order chi connectivity index (χ0) is 13.9. The van der Waals surface area contributed by atoms with Crippen molar-refractivity contribution in [1.82, 2.24) is 0 Å². The molecule has 2 aromatic carbocycles. The van der Waals surface area contributed by atoms with Gasteiger partial charge in [0.2, 0.25) is 5.91 Å². The van der Waals surface area contributed by atoms with Gasteiger partial charge in [-0.15, -0.1) is 6.58 Å². The lowest BCUT2D eigenvalue weighted by molar-refractivity contribution is -0.117. The van der Waals surface area contributed by atoms with E-state index < -0.39 is 0 Å². The summed E-state index contributed by atoms with van der Waals surface area (Å²) < 4.78 is 0. The summed E-state index contributed by atoms with van der Waals surface area (Å²) >= 11 is 0. The number of carbonyl (C=O) groups is 1. The lowest BCUT2D eigenvalue weighted by Crippen LogP contribution is -2.24. The Hall–Kier alpha value is -2.35. The second-order valence-electron chi connectivity index (χ2n) is 5.12. The van der Waals surface area contributed by atoms with Gasteiger partial charge in [-0.05, 0) is 23.3 Å². The van der Waals surface area contributed by atoms with E-state index in [4.69, 9.17) is 0 Å². The Morgan fingerprint density at radius 3 is 2.50 bits per heavy atom. The summed E-state index contributed by atoms with van der Waals surface area (Å²) in [5, 5.41) is 0. The third-order valence-corrected chi connectivity index (χ3v) is 3.75. The van der Waals surface area contributed by atoms with Crippen molar-refractivity contribution in [2.45, 2.75) is 6.42 Å². The maximum atomic E-state index is 12.1. The fourth-order valence-corrected chi connectivity index (χ4v) is 2.63. The van der Waals surface area contributed by atoms with Crippen molar-refractivity contribution in [3.8, 4) is 11.1 Å². The quantitative estimate of drug-likeness (QED) is 0.769. The topological polar surface area (TPSA) is 20.3 Å². The van der Waals surface area contributed by atoms with Gasteiger partial charge in [-0.3, -0.25) is 4.79 Å². The van der Waals surface area contributed by atoms with Crippen molar-refractivity contribution < 1.29 is 4.79 Å². The average molecular weight is 263 g/mol. The smallest absolute Gasteiger partial charge is 0.227 e. The minimum atomic E-state index is 0.181. The number of amides is 1. The first-order chi connectivity index (χ1) is 9.78. The molecule has 0 aliphatic carbocycles. The summed E-state index contributed by atoms with van der Waals surface area (Å²) in [7, 11) is 0. The zero-order valence-corrected chi connectivity index (χ0v) is 11.3. The maximum absolute atomic E-state index is 12.1. The third-order valence-electron chi connectivity index (χ3n) is 3.75. The number of nitrogens with zero attached hydrogens (tertiary/aromatic N) is 1. The van der Waals surface area contributed by atoms with Crippen LogP contribution in [0.3, 0.4) is 0 Å². The van der Waals surface area contributed by atoms with Gasteiger partial charge in [0.1, 0.15) is 0 Å². The van der Waals surface area contributed by atoms with E-state index in [9.17, 15) is 4.79 Å². The Bertz CT molecular complexity index is 633. The van der Waals surface area contributed by atoms with E-state index in [1.165, 1.54) is 5.56 Å². The molecule has 100 valence electrons. The monoisotopic (exact) mass is 263 g/mol. The molecule has 0 bridgehead atoms. The van der Waals surface area contributed by atoms with Crippen molar-refractivity contribution in [3.63, 3.8) is 0 Å². The minimum Gasteiger partial charge on any atom is -0.312 e. The summed E-state index contributed by atoms with van der Waals surface area (Å²) in [4.78, 5) is 13.9. The van der Waals surface area contributed by atoms with Crippen LogP contribution < -0.4 is 4.90 Å². The van der Waals surface area contributed by atoms with E-state index in [0.29, 0.717) is 6.42 Å². The van der Waals surface area contributed by atoms with E-state index >= 15 is 0 Å². The molecule has 1 saturated heterocycles. The average Bonchev–Trinajstić information content (AvgIpc) is 2.89. The van der Waals surface area contributed by atoms with Gasteiger partial charge in [0.25, 0.3) is 0 Å². The van der Waals surface area contributed by atoms with Crippen LogP contribution in [0.5, 0.6) is 0 Å². The summed E-state index contributed by atoms with van der Waals surface area (Å²) in [5.74, 6) is 0.447. The van der Waals surface area contributed by atoms with E-state index in [2.05, 4.69) is 30.8 Å². The van der Waals surface area contributed by atoms with Crippen LogP contribution in [-0.4, -0.2) is 12.5 Å². The molecule has 0 saturated carbocycles. The Kier molecular flexibility index (Phi) is 3.38. The lowest BCUT2D eigenvalue weighted by Gasteiger charge is -2.17. The molecule has 1 unspecified atom stereocenters. The van der Waals surface area contributed by atoms with E-state index in [-0.39, 0.29) is 11.8 Å². The minimum absolute atomic E-state index is 0.181. The van der Waals surface area contributed by atoms with Gasteiger partial charge in [-0.1, -0.05) is 48.5 Å². The predicted molar refractivity (Wildman–Crippen MR) is 82.5 cm³/mol. The highest BCUT2D eigenvalue weighted by Crippen LogP contribution is 2.29. The van der Waals surface area contributed by atoms with Crippen molar-refractivity contribution in [1.29, 1.82) is 0 Å². The number of rotatable bonds is 3. The zero-order valence-electron chi connectivity index (χ0n) is 11.3. The van der Waals surface area contributed by atoms with Crippen LogP contribution in [0.25, 0.3) is 11.1 Å². The number of hydrogen-bond donors (Lipinski definition) is 0. The van der Waals surface area contributed by atoms with Crippen LogP contribution in [0.2, 0.25) is 0 Å². The van der Waals surface area contributed by atoms with Gasteiger partial charge >= 0.3 is 0 Å². The molecule has 2 heteroatoms. The Balaban J connectivity index is 1.92. The highest BCUT2D eigenvalue weighted by atomic mass is 16.2. The summed E-state index contributed by atoms with van der Waals surface area (Å²) in [6.07, 6.45) is 2.44. The highest BCUT2D eigenvalue weighted by Gasteiger charge is 2.28.